The van der Waals surface area contributed by atoms with Gasteiger partial charge in [0.25, 0.3) is 0 Å². The number of benzene rings is 2. The summed E-state index contributed by atoms with van der Waals surface area (Å²) in [6.45, 7) is 3.18. The Morgan fingerprint density at radius 2 is 1.64 bits per heavy atom. The maximum atomic E-state index is 12.6. The van der Waals surface area contributed by atoms with Crippen molar-refractivity contribution in [3.63, 3.8) is 0 Å². The van der Waals surface area contributed by atoms with E-state index in [0.717, 1.165) is 19.6 Å². The molecule has 0 spiro atoms. The van der Waals surface area contributed by atoms with Gasteiger partial charge in [-0.15, -0.1) is 0 Å². The molecule has 1 heterocycles. The Hall–Kier alpha value is -1.35. The van der Waals surface area contributed by atoms with Gasteiger partial charge in [0, 0.05) is 27.7 Å². The molecule has 2 aromatic carbocycles. The van der Waals surface area contributed by atoms with E-state index in [9.17, 15) is 4.79 Å². The average Bonchev–Trinajstić information content (AvgIpc) is 2.98. The minimum atomic E-state index is -0.0485. The van der Waals surface area contributed by atoms with Crippen molar-refractivity contribution in [3.05, 3.63) is 69.2 Å². The molecule has 0 aromatic heterocycles. The van der Waals surface area contributed by atoms with Crippen LogP contribution in [-0.4, -0.2) is 23.8 Å². The standard InChI is InChI=1S/C18H17Cl2NO/c19-16-9-15(10-17(20)11-16)18(22)14-5-3-4-13(8-14)12-21-6-1-2-7-21/h3-5,8-11H,1-2,6-7,12H2. The molecule has 4 heteroatoms. The molecule has 1 saturated heterocycles. The molecule has 1 fully saturated rings. The highest BCUT2D eigenvalue weighted by molar-refractivity contribution is 6.35. The molecule has 1 aliphatic rings. The number of rotatable bonds is 4. The van der Waals surface area contributed by atoms with Crippen LogP contribution in [-0.2, 0) is 6.54 Å². The Balaban J connectivity index is 1.82. The molecule has 3 rings (SSSR count). The Labute approximate surface area is 140 Å². The van der Waals surface area contributed by atoms with Crippen LogP contribution in [0.25, 0.3) is 0 Å². The van der Waals surface area contributed by atoms with Crippen LogP contribution in [0.4, 0.5) is 0 Å². The van der Waals surface area contributed by atoms with Gasteiger partial charge in [-0.05, 0) is 55.8 Å². The molecule has 1 aliphatic heterocycles. The summed E-state index contributed by atoms with van der Waals surface area (Å²) < 4.78 is 0. The normalized spacial score (nSPS) is 15.2. The van der Waals surface area contributed by atoms with Gasteiger partial charge in [0.05, 0.1) is 0 Å². The Bertz CT molecular complexity index is 673. The maximum Gasteiger partial charge on any atom is 0.193 e. The fourth-order valence-corrected chi connectivity index (χ4v) is 3.39. The monoisotopic (exact) mass is 333 g/mol. The van der Waals surface area contributed by atoms with E-state index in [0.29, 0.717) is 21.2 Å². The van der Waals surface area contributed by atoms with Crippen molar-refractivity contribution in [2.45, 2.75) is 19.4 Å². The Morgan fingerprint density at radius 3 is 2.32 bits per heavy atom. The van der Waals surface area contributed by atoms with Gasteiger partial charge in [-0.3, -0.25) is 9.69 Å². The molecule has 2 nitrogen and oxygen atoms in total. The van der Waals surface area contributed by atoms with Crippen LogP contribution in [0.2, 0.25) is 10.0 Å². The maximum absolute atomic E-state index is 12.6. The lowest BCUT2D eigenvalue weighted by molar-refractivity contribution is 0.103. The second-order valence-electron chi connectivity index (χ2n) is 5.67. The SMILES string of the molecule is O=C(c1cc(Cl)cc(Cl)c1)c1cccc(CN2CCCC2)c1. The molecule has 0 amide bonds. The van der Waals surface area contributed by atoms with Gasteiger partial charge >= 0.3 is 0 Å². The molecule has 0 saturated carbocycles. The highest BCUT2D eigenvalue weighted by Gasteiger charge is 2.14. The van der Waals surface area contributed by atoms with Gasteiger partial charge in [-0.25, -0.2) is 0 Å². The van der Waals surface area contributed by atoms with E-state index in [1.54, 1.807) is 18.2 Å². The summed E-state index contributed by atoms with van der Waals surface area (Å²) in [5.74, 6) is -0.0485. The van der Waals surface area contributed by atoms with E-state index >= 15 is 0 Å². The van der Waals surface area contributed by atoms with Crippen molar-refractivity contribution in [2.75, 3.05) is 13.1 Å². The largest absolute Gasteiger partial charge is 0.299 e. The molecule has 0 N–H and O–H groups in total. The number of hydrogen-bond acceptors (Lipinski definition) is 2. The second-order valence-corrected chi connectivity index (χ2v) is 6.54. The predicted molar refractivity (Wildman–Crippen MR) is 90.8 cm³/mol. The smallest absolute Gasteiger partial charge is 0.193 e. The molecule has 0 bridgehead atoms. The zero-order chi connectivity index (χ0) is 15.5. The Morgan fingerprint density at radius 1 is 0.955 bits per heavy atom. The summed E-state index contributed by atoms with van der Waals surface area (Å²) in [6.07, 6.45) is 2.53. The molecule has 114 valence electrons. The van der Waals surface area contributed by atoms with Crippen LogP contribution in [0.5, 0.6) is 0 Å². The molecular weight excluding hydrogens is 317 g/mol. The lowest BCUT2D eigenvalue weighted by atomic mass is 10.0. The third-order valence-corrected chi connectivity index (χ3v) is 4.36. The lowest BCUT2D eigenvalue weighted by Crippen LogP contribution is -2.18. The zero-order valence-corrected chi connectivity index (χ0v) is 13.7. The summed E-state index contributed by atoms with van der Waals surface area (Å²) >= 11 is 12.0. The first-order chi connectivity index (χ1) is 10.6. The summed E-state index contributed by atoms with van der Waals surface area (Å²) in [5.41, 5.74) is 2.37. The van der Waals surface area contributed by atoms with Gasteiger partial charge in [0.15, 0.2) is 5.78 Å². The predicted octanol–water partition coefficient (Wildman–Crippen LogP) is 4.82. The number of ketones is 1. The molecule has 0 atom stereocenters. The zero-order valence-electron chi connectivity index (χ0n) is 12.2. The van der Waals surface area contributed by atoms with Crippen LogP contribution in [0.1, 0.15) is 34.3 Å². The van der Waals surface area contributed by atoms with E-state index < -0.39 is 0 Å². The molecule has 0 unspecified atom stereocenters. The molecule has 0 radical (unpaired) electrons. The lowest BCUT2D eigenvalue weighted by Gasteiger charge is -2.15. The number of carbonyl (C=O) groups is 1. The second kappa shape index (κ2) is 6.82. The molecular formula is C18H17Cl2NO. The first-order valence-electron chi connectivity index (χ1n) is 7.44. The third kappa shape index (κ3) is 3.70. The van der Waals surface area contributed by atoms with Gasteiger partial charge in [0.2, 0.25) is 0 Å². The van der Waals surface area contributed by atoms with Crippen LogP contribution in [0, 0.1) is 0 Å². The van der Waals surface area contributed by atoms with Gasteiger partial charge in [0.1, 0.15) is 0 Å². The van der Waals surface area contributed by atoms with E-state index in [1.807, 2.05) is 18.2 Å². The summed E-state index contributed by atoms with van der Waals surface area (Å²) in [6, 6.07) is 12.8. The van der Waals surface area contributed by atoms with Crippen molar-refractivity contribution in [1.29, 1.82) is 0 Å². The molecule has 0 aliphatic carbocycles. The first kappa shape index (κ1) is 15.5. The quantitative estimate of drug-likeness (QED) is 0.747. The van der Waals surface area contributed by atoms with E-state index in [2.05, 4.69) is 11.0 Å². The number of carbonyl (C=O) groups excluding carboxylic acids is 1. The fourth-order valence-electron chi connectivity index (χ4n) is 2.86. The van der Waals surface area contributed by atoms with Gasteiger partial charge < -0.3 is 0 Å². The van der Waals surface area contributed by atoms with E-state index in [4.69, 9.17) is 23.2 Å². The number of halogens is 2. The number of nitrogens with zero attached hydrogens (tertiary/aromatic N) is 1. The minimum Gasteiger partial charge on any atom is -0.299 e. The highest BCUT2D eigenvalue weighted by Crippen LogP contribution is 2.22. The van der Waals surface area contributed by atoms with Crippen molar-refractivity contribution in [2.24, 2.45) is 0 Å². The molecule has 22 heavy (non-hydrogen) atoms. The van der Waals surface area contributed by atoms with E-state index in [-0.39, 0.29) is 5.78 Å². The fraction of sp³-hybridized carbons (Fsp3) is 0.278. The summed E-state index contributed by atoms with van der Waals surface area (Å²) in [7, 11) is 0. The van der Waals surface area contributed by atoms with Gasteiger partial charge in [-0.2, -0.15) is 0 Å². The average molecular weight is 334 g/mol. The summed E-state index contributed by atoms with van der Waals surface area (Å²) in [4.78, 5) is 15.0. The summed E-state index contributed by atoms with van der Waals surface area (Å²) in [5, 5.41) is 0.952. The number of hydrogen-bond donors (Lipinski definition) is 0. The van der Waals surface area contributed by atoms with Crippen LogP contribution < -0.4 is 0 Å². The third-order valence-electron chi connectivity index (χ3n) is 3.92. The van der Waals surface area contributed by atoms with E-state index in [1.165, 1.54) is 18.4 Å². The number of likely N-dealkylation sites (tertiary alicyclic amines) is 1. The van der Waals surface area contributed by atoms with Crippen LogP contribution in [0.3, 0.4) is 0 Å². The first-order valence-corrected chi connectivity index (χ1v) is 8.19. The van der Waals surface area contributed by atoms with Crippen LogP contribution >= 0.6 is 23.2 Å². The van der Waals surface area contributed by atoms with Crippen molar-refractivity contribution >= 4 is 29.0 Å². The molecule has 2 aromatic rings. The van der Waals surface area contributed by atoms with Crippen LogP contribution in [0.15, 0.2) is 42.5 Å². The minimum absolute atomic E-state index is 0.0485. The van der Waals surface area contributed by atoms with Crippen molar-refractivity contribution in [1.82, 2.24) is 4.90 Å². The highest BCUT2D eigenvalue weighted by atomic mass is 35.5. The van der Waals surface area contributed by atoms with Crippen molar-refractivity contribution in [3.8, 4) is 0 Å². The topological polar surface area (TPSA) is 20.3 Å². The van der Waals surface area contributed by atoms with Gasteiger partial charge in [-0.1, -0.05) is 41.4 Å². The Kier molecular flexibility index (Phi) is 4.82. The van der Waals surface area contributed by atoms with Crippen molar-refractivity contribution < 1.29 is 4.79 Å².